The number of nitrogens with zero attached hydrogens (tertiary/aromatic N) is 1. The van der Waals surface area contributed by atoms with Crippen molar-refractivity contribution in [1.82, 2.24) is 14.9 Å². The molecule has 0 aliphatic carbocycles. The maximum Gasteiger partial charge on any atom is 0.317 e. The fourth-order valence-electron chi connectivity index (χ4n) is 2.24. The molecule has 7 nitrogen and oxygen atoms in total. The number of carbonyl (C=O) groups excluding carboxylic acids is 1. The number of amides is 2. The van der Waals surface area contributed by atoms with Gasteiger partial charge < -0.3 is 14.6 Å². The Morgan fingerprint density at radius 2 is 2.35 bits per heavy atom. The first kappa shape index (κ1) is 14.9. The van der Waals surface area contributed by atoms with Crippen LogP contribution in [0, 0.1) is 0 Å². The lowest BCUT2D eigenvalue weighted by Crippen LogP contribution is -2.51. The Kier molecular flexibility index (Phi) is 4.66. The van der Waals surface area contributed by atoms with Gasteiger partial charge in [0.05, 0.1) is 18.8 Å². The van der Waals surface area contributed by atoms with E-state index in [0.717, 1.165) is 24.7 Å². The number of piperidine rings is 1. The van der Waals surface area contributed by atoms with Crippen LogP contribution in [0.1, 0.15) is 18.4 Å². The van der Waals surface area contributed by atoms with Crippen molar-refractivity contribution in [3.8, 4) is 0 Å². The second-order valence-electron chi connectivity index (χ2n) is 4.97. The molecule has 0 bridgehead atoms. The first-order valence-electron chi connectivity index (χ1n) is 6.45. The Morgan fingerprint density at radius 1 is 1.55 bits per heavy atom. The van der Waals surface area contributed by atoms with E-state index in [2.05, 4.69) is 10.0 Å². The normalized spacial score (nSPS) is 19.9. The molecule has 1 atom stereocenters. The largest absolute Gasteiger partial charge is 0.472 e. The third kappa shape index (κ3) is 4.53. The molecule has 0 spiro atoms. The van der Waals surface area contributed by atoms with Gasteiger partial charge in [-0.2, -0.15) is 0 Å². The molecule has 1 aliphatic heterocycles. The SMILES string of the molecule is CS(=O)(=O)N[C@H]1CCCN(C(=O)NCc2ccoc2)C1. The van der Waals surface area contributed by atoms with Crippen LogP contribution in [0.2, 0.25) is 0 Å². The number of furan rings is 1. The van der Waals surface area contributed by atoms with E-state index < -0.39 is 10.0 Å². The summed E-state index contributed by atoms with van der Waals surface area (Å²) in [7, 11) is -3.24. The first-order chi connectivity index (χ1) is 9.44. The lowest BCUT2D eigenvalue weighted by Gasteiger charge is -2.32. The Balaban J connectivity index is 1.83. The molecular formula is C12H19N3O4S. The summed E-state index contributed by atoms with van der Waals surface area (Å²) in [6, 6.07) is 1.38. The highest BCUT2D eigenvalue weighted by atomic mass is 32.2. The average Bonchev–Trinajstić information content (AvgIpc) is 2.87. The van der Waals surface area contributed by atoms with E-state index in [0.29, 0.717) is 19.6 Å². The summed E-state index contributed by atoms with van der Waals surface area (Å²) in [6.07, 6.45) is 5.79. The van der Waals surface area contributed by atoms with Gasteiger partial charge in [0.15, 0.2) is 0 Å². The highest BCUT2D eigenvalue weighted by Gasteiger charge is 2.25. The van der Waals surface area contributed by atoms with Crippen LogP contribution in [0.5, 0.6) is 0 Å². The van der Waals surface area contributed by atoms with Gasteiger partial charge in [0.2, 0.25) is 10.0 Å². The first-order valence-corrected chi connectivity index (χ1v) is 8.34. The molecule has 0 radical (unpaired) electrons. The second kappa shape index (κ2) is 6.27. The van der Waals surface area contributed by atoms with Gasteiger partial charge in [-0.15, -0.1) is 0 Å². The van der Waals surface area contributed by atoms with Crippen LogP contribution in [0.3, 0.4) is 0 Å². The zero-order valence-electron chi connectivity index (χ0n) is 11.3. The van der Waals surface area contributed by atoms with Crippen molar-refractivity contribution >= 4 is 16.1 Å². The van der Waals surface area contributed by atoms with Crippen molar-refractivity contribution < 1.29 is 17.6 Å². The van der Waals surface area contributed by atoms with Crippen molar-refractivity contribution in [1.29, 1.82) is 0 Å². The summed E-state index contributed by atoms with van der Waals surface area (Å²) in [4.78, 5) is 13.6. The standard InChI is InChI=1S/C12H19N3O4S/c1-20(17,18)14-11-3-2-5-15(8-11)12(16)13-7-10-4-6-19-9-10/h4,6,9,11,14H,2-3,5,7-8H2,1H3,(H,13,16)/t11-/m0/s1. The third-order valence-electron chi connectivity index (χ3n) is 3.11. The number of urea groups is 1. The molecule has 1 fully saturated rings. The molecule has 0 aromatic carbocycles. The smallest absolute Gasteiger partial charge is 0.317 e. The molecule has 2 N–H and O–H groups in total. The molecule has 0 saturated carbocycles. The van der Waals surface area contributed by atoms with Gasteiger partial charge in [0, 0.05) is 31.2 Å². The number of hydrogen-bond acceptors (Lipinski definition) is 4. The van der Waals surface area contributed by atoms with Gasteiger partial charge in [0.25, 0.3) is 0 Å². The summed E-state index contributed by atoms with van der Waals surface area (Å²) in [5.74, 6) is 0. The Hall–Kier alpha value is -1.54. The lowest BCUT2D eigenvalue weighted by molar-refractivity contribution is 0.177. The molecule has 1 aromatic heterocycles. The van der Waals surface area contributed by atoms with Gasteiger partial charge in [-0.1, -0.05) is 0 Å². The molecular weight excluding hydrogens is 282 g/mol. The molecule has 1 aliphatic rings. The quantitative estimate of drug-likeness (QED) is 0.847. The fourth-order valence-corrected chi connectivity index (χ4v) is 3.04. The fraction of sp³-hybridized carbons (Fsp3) is 0.583. The van der Waals surface area contributed by atoms with E-state index in [9.17, 15) is 13.2 Å². The predicted molar refractivity (Wildman–Crippen MR) is 73.5 cm³/mol. The minimum Gasteiger partial charge on any atom is -0.472 e. The molecule has 2 amide bonds. The van der Waals surface area contributed by atoms with Crippen LogP contribution in [-0.2, 0) is 16.6 Å². The third-order valence-corrected chi connectivity index (χ3v) is 3.87. The molecule has 2 heterocycles. The molecule has 112 valence electrons. The van der Waals surface area contributed by atoms with Crippen LogP contribution < -0.4 is 10.0 Å². The van der Waals surface area contributed by atoms with E-state index in [4.69, 9.17) is 4.42 Å². The van der Waals surface area contributed by atoms with E-state index in [-0.39, 0.29) is 12.1 Å². The molecule has 0 unspecified atom stereocenters. The minimum atomic E-state index is -3.24. The van der Waals surface area contributed by atoms with Crippen LogP contribution in [0.25, 0.3) is 0 Å². The Morgan fingerprint density at radius 3 is 3.00 bits per heavy atom. The molecule has 20 heavy (non-hydrogen) atoms. The summed E-state index contributed by atoms with van der Waals surface area (Å²) >= 11 is 0. The maximum atomic E-state index is 12.0. The van der Waals surface area contributed by atoms with E-state index in [1.807, 2.05) is 0 Å². The molecule has 8 heteroatoms. The van der Waals surface area contributed by atoms with Crippen LogP contribution in [-0.4, -0.2) is 44.7 Å². The topological polar surface area (TPSA) is 91.7 Å². The number of rotatable bonds is 4. The van der Waals surface area contributed by atoms with Crippen molar-refractivity contribution in [2.24, 2.45) is 0 Å². The van der Waals surface area contributed by atoms with Crippen LogP contribution in [0.15, 0.2) is 23.0 Å². The number of carbonyl (C=O) groups is 1. The van der Waals surface area contributed by atoms with Gasteiger partial charge >= 0.3 is 6.03 Å². The summed E-state index contributed by atoms with van der Waals surface area (Å²) in [6.45, 7) is 1.43. The number of sulfonamides is 1. The van der Waals surface area contributed by atoms with E-state index in [1.165, 1.54) is 0 Å². The van der Waals surface area contributed by atoms with E-state index >= 15 is 0 Å². The van der Waals surface area contributed by atoms with Gasteiger partial charge in [0.1, 0.15) is 0 Å². The van der Waals surface area contributed by atoms with E-state index in [1.54, 1.807) is 23.5 Å². The average molecular weight is 301 g/mol. The monoisotopic (exact) mass is 301 g/mol. The summed E-state index contributed by atoms with van der Waals surface area (Å²) in [5.41, 5.74) is 0.890. The maximum absolute atomic E-state index is 12.0. The highest BCUT2D eigenvalue weighted by Crippen LogP contribution is 2.11. The van der Waals surface area contributed by atoms with Crippen LogP contribution >= 0.6 is 0 Å². The molecule has 2 rings (SSSR count). The summed E-state index contributed by atoms with van der Waals surface area (Å²) < 4.78 is 29.9. The lowest BCUT2D eigenvalue weighted by atomic mass is 10.1. The summed E-state index contributed by atoms with van der Waals surface area (Å²) in [5, 5.41) is 2.79. The minimum absolute atomic E-state index is 0.189. The zero-order valence-corrected chi connectivity index (χ0v) is 12.1. The second-order valence-corrected chi connectivity index (χ2v) is 6.75. The van der Waals surface area contributed by atoms with Gasteiger partial charge in [-0.3, -0.25) is 0 Å². The number of likely N-dealkylation sites (tertiary alicyclic amines) is 1. The number of hydrogen-bond donors (Lipinski definition) is 2. The highest BCUT2D eigenvalue weighted by molar-refractivity contribution is 7.88. The molecule has 1 aromatic rings. The van der Waals surface area contributed by atoms with Crippen molar-refractivity contribution in [3.63, 3.8) is 0 Å². The van der Waals surface area contributed by atoms with Gasteiger partial charge in [-0.25, -0.2) is 17.9 Å². The van der Waals surface area contributed by atoms with Crippen LogP contribution in [0.4, 0.5) is 4.79 Å². The van der Waals surface area contributed by atoms with Crippen molar-refractivity contribution in [2.45, 2.75) is 25.4 Å². The molecule has 1 saturated heterocycles. The van der Waals surface area contributed by atoms with Gasteiger partial charge in [-0.05, 0) is 18.9 Å². The predicted octanol–water partition coefficient (Wildman–Crippen LogP) is 0.503. The Labute approximate surface area is 118 Å². The van der Waals surface area contributed by atoms with Crippen molar-refractivity contribution in [2.75, 3.05) is 19.3 Å². The zero-order chi connectivity index (χ0) is 14.6. The Bertz CT molecular complexity index is 541. The van der Waals surface area contributed by atoms with Crippen molar-refractivity contribution in [3.05, 3.63) is 24.2 Å². The number of nitrogens with one attached hydrogen (secondary N) is 2.